The maximum atomic E-state index is 11.1. The molecule has 0 spiro atoms. The molecule has 1 fully saturated rings. The second-order valence-corrected chi connectivity index (χ2v) is 4.80. The second-order valence-electron chi connectivity index (χ2n) is 3.74. The van der Waals surface area contributed by atoms with Crippen LogP contribution in [0.15, 0.2) is 6.20 Å². The van der Waals surface area contributed by atoms with Gasteiger partial charge in [0, 0.05) is 18.8 Å². The lowest BCUT2D eigenvalue weighted by molar-refractivity contribution is -0.120. The Morgan fingerprint density at radius 1 is 1.47 bits per heavy atom. The van der Waals surface area contributed by atoms with Gasteiger partial charge in [-0.1, -0.05) is 0 Å². The Morgan fingerprint density at radius 2 is 2.13 bits per heavy atom. The van der Waals surface area contributed by atoms with Crippen molar-refractivity contribution < 1.29 is 9.59 Å². The maximum absolute atomic E-state index is 11.1. The van der Waals surface area contributed by atoms with Crippen LogP contribution in [0, 0.1) is 0 Å². The zero-order chi connectivity index (χ0) is 10.8. The molecule has 4 nitrogen and oxygen atoms in total. The van der Waals surface area contributed by atoms with E-state index >= 15 is 0 Å². The van der Waals surface area contributed by atoms with Crippen molar-refractivity contribution in [3.05, 3.63) is 16.1 Å². The van der Waals surface area contributed by atoms with E-state index in [9.17, 15) is 9.59 Å². The molecule has 0 radical (unpaired) electrons. The molecule has 2 N–H and O–H groups in total. The first kappa shape index (κ1) is 10.3. The number of thiazole rings is 1. The van der Waals surface area contributed by atoms with E-state index in [-0.39, 0.29) is 0 Å². The fourth-order valence-electron chi connectivity index (χ4n) is 1.78. The van der Waals surface area contributed by atoms with Gasteiger partial charge >= 0.3 is 0 Å². The summed E-state index contributed by atoms with van der Waals surface area (Å²) in [5.41, 5.74) is 5.16. The third-order valence-corrected chi connectivity index (χ3v) is 3.83. The van der Waals surface area contributed by atoms with Gasteiger partial charge in [0.05, 0.1) is 11.2 Å². The molecule has 0 atom stereocenters. The normalized spacial score (nSPS) is 18.0. The molecule has 1 aromatic rings. The summed E-state index contributed by atoms with van der Waals surface area (Å²) < 4.78 is 0. The molecule has 0 aromatic carbocycles. The molecular formula is C10H12N2O2S. The van der Waals surface area contributed by atoms with Crippen molar-refractivity contribution in [2.45, 2.75) is 31.6 Å². The standard InChI is InChI=1S/C10H12N2O2S/c11-9(14)8-5-12-10(15-8)6-1-3-7(13)4-2-6/h5-6H,1-4H2,(H2,11,14). The van der Waals surface area contributed by atoms with Crippen LogP contribution in [0.2, 0.25) is 0 Å². The number of hydrogen-bond donors (Lipinski definition) is 1. The summed E-state index contributed by atoms with van der Waals surface area (Å²) in [5, 5.41) is 0.941. The Hall–Kier alpha value is -1.23. The van der Waals surface area contributed by atoms with Crippen molar-refractivity contribution in [2.24, 2.45) is 5.73 Å². The van der Waals surface area contributed by atoms with Crippen molar-refractivity contribution >= 4 is 23.0 Å². The van der Waals surface area contributed by atoms with Crippen LogP contribution in [0.25, 0.3) is 0 Å². The molecule has 1 aromatic heterocycles. The SMILES string of the molecule is NC(=O)c1cnc(C2CCC(=O)CC2)s1. The number of hydrogen-bond acceptors (Lipinski definition) is 4. The van der Waals surface area contributed by atoms with E-state index in [0.29, 0.717) is 29.4 Å². The van der Waals surface area contributed by atoms with Crippen LogP contribution < -0.4 is 5.73 Å². The minimum atomic E-state index is -0.425. The quantitative estimate of drug-likeness (QED) is 0.826. The molecule has 0 aliphatic heterocycles. The third kappa shape index (κ3) is 2.23. The Kier molecular flexibility index (Phi) is 2.81. The highest BCUT2D eigenvalue weighted by Crippen LogP contribution is 2.33. The highest BCUT2D eigenvalue weighted by atomic mass is 32.1. The summed E-state index contributed by atoms with van der Waals surface area (Å²) in [6.07, 6.45) is 4.50. The topological polar surface area (TPSA) is 73.1 Å². The number of Topliss-reactive ketones (excluding diaryl/α,β-unsaturated/α-hetero) is 1. The summed E-state index contributed by atoms with van der Waals surface area (Å²) in [6, 6.07) is 0. The number of ketones is 1. The molecule has 2 rings (SSSR count). The molecule has 1 saturated carbocycles. The van der Waals surface area contributed by atoms with Crippen LogP contribution in [0.5, 0.6) is 0 Å². The molecule has 1 amide bonds. The lowest BCUT2D eigenvalue weighted by Gasteiger charge is -2.18. The van der Waals surface area contributed by atoms with E-state index < -0.39 is 5.91 Å². The summed E-state index contributed by atoms with van der Waals surface area (Å²) >= 11 is 1.35. The molecule has 0 unspecified atom stereocenters. The van der Waals surface area contributed by atoms with Crippen LogP contribution in [0.4, 0.5) is 0 Å². The smallest absolute Gasteiger partial charge is 0.260 e. The molecule has 1 aliphatic carbocycles. The van der Waals surface area contributed by atoms with E-state index in [1.54, 1.807) is 0 Å². The summed E-state index contributed by atoms with van der Waals surface area (Å²) in [6.45, 7) is 0. The number of amides is 1. The number of carbonyl (C=O) groups is 2. The molecule has 15 heavy (non-hydrogen) atoms. The molecule has 5 heteroatoms. The average Bonchev–Trinajstić information content (AvgIpc) is 2.68. The second kappa shape index (κ2) is 4.10. The van der Waals surface area contributed by atoms with Gasteiger partial charge in [0.1, 0.15) is 10.7 Å². The molecular weight excluding hydrogens is 212 g/mol. The number of carbonyl (C=O) groups excluding carboxylic acids is 2. The van der Waals surface area contributed by atoms with Crippen LogP contribution in [-0.4, -0.2) is 16.7 Å². The predicted molar refractivity (Wildman–Crippen MR) is 56.8 cm³/mol. The Balaban J connectivity index is 2.09. The Bertz CT molecular complexity index is 390. The van der Waals surface area contributed by atoms with Crippen molar-refractivity contribution in [3.63, 3.8) is 0 Å². The highest BCUT2D eigenvalue weighted by Gasteiger charge is 2.23. The van der Waals surface area contributed by atoms with Crippen molar-refractivity contribution in [2.75, 3.05) is 0 Å². The van der Waals surface area contributed by atoms with Gasteiger partial charge in [0.2, 0.25) is 0 Å². The van der Waals surface area contributed by atoms with E-state index in [2.05, 4.69) is 4.98 Å². The average molecular weight is 224 g/mol. The summed E-state index contributed by atoms with van der Waals surface area (Å²) in [7, 11) is 0. The van der Waals surface area contributed by atoms with Gasteiger partial charge in [0.25, 0.3) is 5.91 Å². The van der Waals surface area contributed by atoms with Crippen LogP contribution in [0.3, 0.4) is 0 Å². The van der Waals surface area contributed by atoms with E-state index in [4.69, 9.17) is 5.73 Å². The molecule has 1 aliphatic rings. The minimum absolute atomic E-state index is 0.331. The molecule has 0 bridgehead atoms. The largest absolute Gasteiger partial charge is 0.365 e. The van der Waals surface area contributed by atoms with Crippen LogP contribution in [-0.2, 0) is 4.79 Å². The first-order chi connectivity index (χ1) is 7.16. The van der Waals surface area contributed by atoms with Crippen LogP contribution >= 0.6 is 11.3 Å². The monoisotopic (exact) mass is 224 g/mol. The molecule has 80 valence electrons. The fraction of sp³-hybridized carbons (Fsp3) is 0.500. The zero-order valence-corrected chi connectivity index (χ0v) is 9.05. The maximum Gasteiger partial charge on any atom is 0.260 e. The third-order valence-electron chi connectivity index (χ3n) is 2.66. The van der Waals surface area contributed by atoms with Crippen molar-refractivity contribution in [1.82, 2.24) is 4.98 Å². The van der Waals surface area contributed by atoms with E-state index in [1.165, 1.54) is 17.5 Å². The molecule has 0 saturated heterocycles. The van der Waals surface area contributed by atoms with Crippen molar-refractivity contribution in [1.29, 1.82) is 0 Å². The van der Waals surface area contributed by atoms with Gasteiger partial charge in [-0.3, -0.25) is 9.59 Å². The lowest BCUT2D eigenvalue weighted by atomic mass is 9.89. The van der Waals surface area contributed by atoms with Gasteiger partial charge < -0.3 is 5.73 Å². The lowest BCUT2D eigenvalue weighted by Crippen LogP contribution is -2.12. The van der Waals surface area contributed by atoms with Gasteiger partial charge in [-0.05, 0) is 12.8 Å². The minimum Gasteiger partial charge on any atom is -0.365 e. The van der Waals surface area contributed by atoms with E-state index in [1.807, 2.05) is 0 Å². The predicted octanol–water partition coefficient (Wildman–Crippen LogP) is 1.47. The van der Waals surface area contributed by atoms with Gasteiger partial charge in [-0.2, -0.15) is 0 Å². The fourth-order valence-corrected chi connectivity index (χ4v) is 2.72. The van der Waals surface area contributed by atoms with Gasteiger partial charge in [-0.25, -0.2) is 4.98 Å². The highest BCUT2D eigenvalue weighted by molar-refractivity contribution is 7.13. The summed E-state index contributed by atoms with van der Waals surface area (Å²) in [4.78, 5) is 26.6. The first-order valence-electron chi connectivity index (χ1n) is 4.94. The summed E-state index contributed by atoms with van der Waals surface area (Å²) in [5.74, 6) is 0.240. The Labute approximate surface area is 91.5 Å². The number of primary amides is 1. The van der Waals surface area contributed by atoms with Gasteiger partial charge in [-0.15, -0.1) is 11.3 Å². The van der Waals surface area contributed by atoms with E-state index in [0.717, 1.165) is 17.8 Å². The number of rotatable bonds is 2. The first-order valence-corrected chi connectivity index (χ1v) is 5.75. The van der Waals surface area contributed by atoms with Crippen molar-refractivity contribution in [3.8, 4) is 0 Å². The number of nitrogens with two attached hydrogens (primary N) is 1. The molecule has 1 heterocycles. The van der Waals surface area contributed by atoms with Crippen LogP contribution in [0.1, 0.15) is 46.3 Å². The zero-order valence-electron chi connectivity index (χ0n) is 8.23. The van der Waals surface area contributed by atoms with Gasteiger partial charge in [0.15, 0.2) is 0 Å². The number of nitrogens with zero attached hydrogens (tertiary/aromatic N) is 1. The number of aromatic nitrogens is 1. The Morgan fingerprint density at radius 3 is 2.67 bits per heavy atom.